The van der Waals surface area contributed by atoms with E-state index in [1.165, 1.54) is 5.56 Å². The first-order valence-corrected chi connectivity index (χ1v) is 6.30. The Labute approximate surface area is 113 Å². The fraction of sp³-hybridized carbons (Fsp3) is 0.118. The zero-order chi connectivity index (χ0) is 13.7. The lowest BCUT2D eigenvalue weighted by Gasteiger charge is -2.01. The Morgan fingerprint density at radius 2 is 1.74 bits per heavy atom. The predicted molar refractivity (Wildman–Crippen MR) is 78.1 cm³/mol. The summed E-state index contributed by atoms with van der Waals surface area (Å²) in [5.41, 5.74) is 3.40. The summed E-state index contributed by atoms with van der Waals surface area (Å²) in [5.74, 6) is -0.901. The number of benzene rings is 2. The van der Waals surface area contributed by atoms with Crippen LogP contribution in [-0.4, -0.2) is 11.1 Å². The zero-order valence-corrected chi connectivity index (χ0v) is 10.8. The van der Waals surface area contributed by atoms with Crippen LogP contribution < -0.4 is 0 Å². The lowest BCUT2D eigenvalue weighted by molar-refractivity contribution is 0.0696. The molecule has 0 atom stereocenters. The summed E-state index contributed by atoms with van der Waals surface area (Å²) in [4.78, 5) is 11.1. The Bertz CT molecular complexity index is 595. The Hall–Kier alpha value is -2.35. The molecule has 0 radical (unpaired) electrons. The van der Waals surface area contributed by atoms with E-state index < -0.39 is 5.97 Å². The molecule has 0 saturated heterocycles. The molecule has 0 fully saturated rings. The molecule has 2 nitrogen and oxygen atoms in total. The molecule has 0 bridgehead atoms. The van der Waals surface area contributed by atoms with Crippen LogP contribution in [0.4, 0.5) is 0 Å². The van der Waals surface area contributed by atoms with Gasteiger partial charge in [0.1, 0.15) is 0 Å². The SMILES string of the molecule is CCc1ccc(C=Cc2ccccc2C(=O)O)cc1. The lowest BCUT2D eigenvalue weighted by Crippen LogP contribution is -1.98. The van der Waals surface area contributed by atoms with Gasteiger partial charge in [-0.15, -0.1) is 0 Å². The Balaban J connectivity index is 2.24. The second kappa shape index (κ2) is 6.01. The van der Waals surface area contributed by atoms with E-state index in [0.717, 1.165) is 17.5 Å². The standard InChI is InChI=1S/C17H16O2/c1-2-13-7-9-14(10-8-13)11-12-15-5-3-4-6-16(15)17(18)19/h3-12H,2H2,1H3,(H,18,19). The number of carboxylic acid groups (broad SMARTS) is 1. The molecule has 2 aromatic carbocycles. The summed E-state index contributed by atoms with van der Waals surface area (Å²) in [7, 11) is 0. The molecule has 0 aliphatic heterocycles. The van der Waals surface area contributed by atoms with Crippen LogP contribution in [0.3, 0.4) is 0 Å². The number of carboxylic acids is 1. The fourth-order valence-electron chi connectivity index (χ4n) is 1.89. The van der Waals surface area contributed by atoms with Gasteiger partial charge in [-0.05, 0) is 29.2 Å². The van der Waals surface area contributed by atoms with Gasteiger partial charge in [0.15, 0.2) is 0 Å². The van der Waals surface area contributed by atoms with Gasteiger partial charge >= 0.3 is 5.97 Å². The smallest absolute Gasteiger partial charge is 0.336 e. The molecule has 96 valence electrons. The highest BCUT2D eigenvalue weighted by atomic mass is 16.4. The van der Waals surface area contributed by atoms with Crippen LogP contribution in [0, 0.1) is 0 Å². The summed E-state index contributed by atoms with van der Waals surface area (Å²) >= 11 is 0. The topological polar surface area (TPSA) is 37.3 Å². The third-order valence-electron chi connectivity index (χ3n) is 3.03. The summed E-state index contributed by atoms with van der Waals surface area (Å²) < 4.78 is 0. The first-order chi connectivity index (χ1) is 9.20. The Kier molecular flexibility index (Phi) is 4.14. The van der Waals surface area contributed by atoms with Crippen molar-refractivity contribution >= 4 is 18.1 Å². The van der Waals surface area contributed by atoms with E-state index in [1.54, 1.807) is 18.2 Å². The highest BCUT2D eigenvalue weighted by Gasteiger charge is 2.05. The lowest BCUT2D eigenvalue weighted by atomic mass is 10.0. The van der Waals surface area contributed by atoms with E-state index >= 15 is 0 Å². The van der Waals surface area contributed by atoms with Gasteiger partial charge in [-0.3, -0.25) is 0 Å². The van der Waals surface area contributed by atoms with Gasteiger partial charge in [-0.2, -0.15) is 0 Å². The predicted octanol–water partition coefficient (Wildman–Crippen LogP) is 4.12. The molecule has 0 aliphatic carbocycles. The molecule has 0 heterocycles. The van der Waals surface area contributed by atoms with Crippen molar-refractivity contribution in [1.29, 1.82) is 0 Å². The molecular weight excluding hydrogens is 236 g/mol. The molecular formula is C17H16O2. The van der Waals surface area contributed by atoms with Crippen LogP contribution in [-0.2, 0) is 6.42 Å². The van der Waals surface area contributed by atoms with Crippen molar-refractivity contribution in [2.75, 3.05) is 0 Å². The molecule has 0 saturated carbocycles. The van der Waals surface area contributed by atoms with Crippen molar-refractivity contribution < 1.29 is 9.90 Å². The minimum Gasteiger partial charge on any atom is -0.478 e. The molecule has 1 N–H and O–H groups in total. The van der Waals surface area contributed by atoms with E-state index in [4.69, 9.17) is 5.11 Å². The van der Waals surface area contributed by atoms with Crippen molar-refractivity contribution in [2.24, 2.45) is 0 Å². The monoisotopic (exact) mass is 252 g/mol. The van der Waals surface area contributed by atoms with Crippen LogP contribution >= 0.6 is 0 Å². The molecule has 0 unspecified atom stereocenters. The van der Waals surface area contributed by atoms with Crippen LogP contribution in [0.2, 0.25) is 0 Å². The van der Waals surface area contributed by atoms with Crippen LogP contribution in [0.25, 0.3) is 12.2 Å². The molecule has 0 aliphatic rings. The van der Waals surface area contributed by atoms with Gasteiger partial charge in [0.2, 0.25) is 0 Å². The molecule has 0 spiro atoms. The van der Waals surface area contributed by atoms with E-state index in [2.05, 4.69) is 19.1 Å². The minimum atomic E-state index is -0.901. The molecule has 2 rings (SSSR count). The van der Waals surface area contributed by atoms with Gasteiger partial charge in [0.25, 0.3) is 0 Å². The van der Waals surface area contributed by atoms with Gasteiger partial charge < -0.3 is 5.11 Å². The number of carbonyl (C=O) groups is 1. The number of hydrogen-bond donors (Lipinski definition) is 1. The molecule has 19 heavy (non-hydrogen) atoms. The molecule has 0 aromatic heterocycles. The number of rotatable bonds is 4. The molecule has 0 amide bonds. The summed E-state index contributed by atoms with van der Waals surface area (Å²) in [6, 6.07) is 15.2. The van der Waals surface area contributed by atoms with Crippen molar-refractivity contribution in [3.05, 3.63) is 70.8 Å². The Morgan fingerprint density at radius 3 is 2.37 bits per heavy atom. The van der Waals surface area contributed by atoms with Crippen molar-refractivity contribution in [2.45, 2.75) is 13.3 Å². The Morgan fingerprint density at radius 1 is 1.05 bits per heavy atom. The summed E-state index contributed by atoms with van der Waals surface area (Å²) in [5, 5.41) is 9.10. The maximum absolute atomic E-state index is 11.1. The zero-order valence-electron chi connectivity index (χ0n) is 10.8. The van der Waals surface area contributed by atoms with E-state index in [1.807, 2.05) is 30.4 Å². The number of hydrogen-bond acceptors (Lipinski definition) is 1. The fourth-order valence-corrected chi connectivity index (χ4v) is 1.89. The maximum Gasteiger partial charge on any atom is 0.336 e. The molecule has 2 heteroatoms. The number of aryl methyl sites for hydroxylation is 1. The van der Waals surface area contributed by atoms with Crippen LogP contribution in [0.5, 0.6) is 0 Å². The van der Waals surface area contributed by atoms with Crippen LogP contribution in [0.1, 0.15) is 34.0 Å². The average molecular weight is 252 g/mol. The third-order valence-corrected chi connectivity index (χ3v) is 3.03. The highest BCUT2D eigenvalue weighted by Crippen LogP contribution is 2.14. The quantitative estimate of drug-likeness (QED) is 0.831. The van der Waals surface area contributed by atoms with Gasteiger partial charge in [0.05, 0.1) is 5.56 Å². The van der Waals surface area contributed by atoms with Gasteiger partial charge in [-0.25, -0.2) is 4.79 Å². The second-order valence-electron chi connectivity index (χ2n) is 4.32. The van der Waals surface area contributed by atoms with Crippen LogP contribution in [0.15, 0.2) is 48.5 Å². The first kappa shape index (κ1) is 13.1. The van der Waals surface area contributed by atoms with Crippen molar-refractivity contribution in [1.82, 2.24) is 0 Å². The normalized spacial score (nSPS) is 10.8. The molecule has 2 aromatic rings. The maximum atomic E-state index is 11.1. The van der Waals surface area contributed by atoms with Crippen molar-refractivity contribution in [3.63, 3.8) is 0 Å². The second-order valence-corrected chi connectivity index (χ2v) is 4.32. The third kappa shape index (κ3) is 3.32. The summed E-state index contributed by atoms with van der Waals surface area (Å²) in [6.07, 6.45) is 4.79. The minimum absolute atomic E-state index is 0.323. The summed E-state index contributed by atoms with van der Waals surface area (Å²) in [6.45, 7) is 2.12. The van der Waals surface area contributed by atoms with Crippen molar-refractivity contribution in [3.8, 4) is 0 Å². The van der Waals surface area contributed by atoms with E-state index in [9.17, 15) is 4.79 Å². The van der Waals surface area contributed by atoms with Gasteiger partial charge in [-0.1, -0.05) is 61.5 Å². The number of aromatic carboxylic acids is 1. The largest absolute Gasteiger partial charge is 0.478 e. The van der Waals surface area contributed by atoms with E-state index in [-0.39, 0.29) is 0 Å². The van der Waals surface area contributed by atoms with E-state index in [0.29, 0.717) is 5.56 Å². The average Bonchev–Trinajstić information content (AvgIpc) is 2.46. The van der Waals surface area contributed by atoms with Gasteiger partial charge in [0, 0.05) is 0 Å². The highest BCUT2D eigenvalue weighted by molar-refractivity contribution is 5.93. The first-order valence-electron chi connectivity index (χ1n) is 6.30.